The second kappa shape index (κ2) is 11.5. The molecule has 13 heteroatoms. The fraction of sp³-hybridized carbons (Fsp3) is 0.406. The van der Waals surface area contributed by atoms with Crippen molar-refractivity contribution in [3.05, 3.63) is 70.2 Å². The monoisotopic (exact) mass is 632 g/mol. The molecule has 5 aromatic rings. The van der Waals surface area contributed by atoms with Crippen molar-refractivity contribution in [2.75, 3.05) is 18.0 Å². The summed E-state index contributed by atoms with van der Waals surface area (Å²) in [6.07, 6.45) is 4.10. The Bertz CT molecular complexity index is 1920. The standard InChI is InChI=1S/C32H31F3N8OS/c1-18-23(6-7-28-24(18)8-21(11-36)43(28)14-19-12-39-40-13-19)30(44)41-27-16-42(15-26(27)20-4-2-3-5-20)29-25-9-22(10-32(33,34)35)45-31(25)38-17-37-29/h6-9,12-13,17,20,26-27H,2-5,10,14-16H2,1H3,(H,39,40)(H,41,44). The predicted octanol–water partition coefficient (Wildman–Crippen LogP) is 6.13. The number of nitrogens with zero attached hydrogens (tertiary/aromatic N) is 6. The quantitative estimate of drug-likeness (QED) is 0.223. The summed E-state index contributed by atoms with van der Waals surface area (Å²) in [5.41, 5.74) is 3.66. The van der Waals surface area contributed by atoms with Crippen LogP contribution >= 0.6 is 11.3 Å². The van der Waals surface area contributed by atoms with Crippen LogP contribution in [0, 0.1) is 30.1 Å². The van der Waals surface area contributed by atoms with E-state index in [0.717, 1.165) is 59.0 Å². The Morgan fingerprint density at radius 3 is 2.73 bits per heavy atom. The fourth-order valence-corrected chi connectivity index (χ4v) is 8.25. The zero-order chi connectivity index (χ0) is 31.3. The lowest BCUT2D eigenvalue weighted by molar-refractivity contribution is -0.126. The summed E-state index contributed by atoms with van der Waals surface area (Å²) < 4.78 is 41.3. The van der Waals surface area contributed by atoms with Crippen molar-refractivity contribution in [2.45, 2.75) is 57.8 Å². The number of aromatic amines is 1. The molecule has 1 aliphatic carbocycles. The summed E-state index contributed by atoms with van der Waals surface area (Å²) in [5, 5.41) is 21.4. The van der Waals surface area contributed by atoms with Gasteiger partial charge in [-0.1, -0.05) is 25.7 Å². The first-order valence-electron chi connectivity index (χ1n) is 15.0. The van der Waals surface area contributed by atoms with E-state index in [-0.39, 0.29) is 22.7 Å². The van der Waals surface area contributed by atoms with Gasteiger partial charge >= 0.3 is 6.18 Å². The number of H-pyrrole nitrogens is 1. The number of carbonyl (C=O) groups is 1. The summed E-state index contributed by atoms with van der Waals surface area (Å²) in [4.78, 5) is 25.5. The van der Waals surface area contributed by atoms with Crippen LogP contribution in [0.4, 0.5) is 19.0 Å². The number of aryl methyl sites for hydroxylation is 1. The molecule has 0 bridgehead atoms. The van der Waals surface area contributed by atoms with Crippen molar-refractivity contribution in [3.63, 3.8) is 0 Å². The summed E-state index contributed by atoms with van der Waals surface area (Å²) >= 11 is 1.05. The molecule has 0 spiro atoms. The molecule has 1 saturated carbocycles. The first-order chi connectivity index (χ1) is 21.7. The molecule has 2 unspecified atom stereocenters. The molecule has 2 N–H and O–H groups in total. The van der Waals surface area contributed by atoms with Gasteiger partial charge in [-0.15, -0.1) is 11.3 Å². The lowest BCUT2D eigenvalue weighted by atomic mass is 9.87. The normalized spacial score (nSPS) is 19.1. The molecular weight excluding hydrogens is 601 g/mol. The Labute approximate surface area is 261 Å². The molecule has 2 atom stereocenters. The van der Waals surface area contributed by atoms with Crippen LogP contribution in [0.25, 0.3) is 21.1 Å². The van der Waals surface area contributed by atoms with Gasteiger partial charge in [-0.25, -0.2) is 9.97 Å². The van der Waals surface area contributed by atoms with E-state index in [0.29, 0.717) is 52.8 Å². The van der Waals surface area contributed by atoms with Crippen molar-refractivity contribution in [2.24, 2.45) is 11.8 Å². The first kappa shape index (κ1) is 29.3. The number of hydrogen-bond acceptors (Lipinski definition) is 7. The number of aromatic nitrogens is 5. The number of alkyl halides is 3. The molecule has 232 valence electrons. The predicted molar refractivity (Wildman–Crippen MR) is 165 cm³/mol. The van der Waals surface area contributed by atoms with Crippen LogP contribution in [0.2, 0.25) is 0 Å². The van der Waals surface area contributed by atoms with Crippen molar-refractivity contribution >= 4 is 44.2 Å². The Morgan fingerprint density at radius 1 is 1.18 bits per heavy atom. The molecular formula is C32H31F3N8OS. The van der Waals surface area contributed by atoms with Crippen LogP contribution in [0.15, 0.2) is 43.0 Å². The number of hydrogen-bond donors (Lipinski definition) is 2. The smallest absolute Gasteiger partial charge is 0.354 e. The van der Waals surface area contributed by atoms with Gasteiger partial charge < -0.3 is 14.8 Å². The van der Waals surface area contributed by atoms with E-state index in [1.165, 1.54) is 6.33 Å². The molecule has 1 saturated heterocycles. The van der Waals surface area contributed by atoms with Gasteiger partial charge in [0.25, 0.3) is 5.91 Å². The zero-order valence-corrected chi connectivity index (χ0v) is 25.4. The van der Waals surface area contributed by atoms with E-state index in [9.17, 15) is 23.2 Å². The van der Waals surface area contributed by atoms with Gasteiger partial charge in [0.1, 0.15) is 28.7 Å². The molecule has 0 radical (unpaired) electrons. The maximum absolute atomic E-state index is 13.9. The lowest BCUT2D eigenvalue weighted by Crippen LogP contribution is -2.42. The van der Waals surface area contributed by atoms with Gasteiger partial charge in [-0.2, -0.15) is 23.5 Å². The van der Waals surface area contributed by atoms with Gasteiger partial charge in [-0.3, -0.25) is 9.89 Å². The number of carbonyl (C=O) groups excluding carboxylic acids is 1. The van der Waals surface area contributed by atoms with Crippen molar-refractivity contribution in [1.82, 2.24) is 30.0 Å². The van der Waals surface area contributed by atoms with Crippen LogP contribution in [-0.4, -0.2) is 55.9 Å². The average molecular weight is 633 g/mol. The first-order valence-corrected chi connectivity index (χ1v) is 15.9. The summed E-state index contributed by atoms with van der Waals surface area (Å²) in [7, 11) is 0. The highest BCUT2D eigenvalue weighted by molar-refractivity contribution is 7.18. The third-order valence-electron chi connectivity index (χ3n) is 9.33. The van der Waals surface area contributed by atoms with E-state index in [1.54, 1.807) is 18.5 Å². The van der Waals surface area contributed by atoms with Crippen molar-refractivity contribution < 1.29 is 18.0 Å². The van der Waals surface area contributed by atoms with Crippen LogP contribution in [-0.2, 0) is 13.0 Å². The van der Waals surface area contributed by atoms with Crippen LogP contribution < -0.4 is 10.2 Å². The third-order valence-corrected chi connectivity index (χ3v) is 10.4. The van der Waals surface area contributed by atoms with Gasteiger partial charge in [0.2, 0.25) is 0 Å². The highest BCUT2D eigenvalue weighted by Gasteiger charge is 2.41. The number of fused-ring (bicyclic) bond motifs is 2. The maximum atomic E-state index is 13.9. The maximum Gasteiger partial charge on any atom is 0.393 e. The molecule has 7 rings (SSSR count). The van der Waals surface area contributed by atoms with Gasteiger partial charge in [0.15, 0.2) is 0 Å². The number of nitrogens with one attached hydrogen (secondary N) is 2. The molecule has 5 heterocycles. The molecule has 1 aromatic carbocycles. The van der Waals surface area contributed by atoms with Crippen molar-refractivity contribution in [3.8, 4) is 6.07 Å². The number of rotatable bonds is 7. The third kappa shape index (κ3) is 5.63. The van der Waals surface area contributed by atoms with Gasteiger partial charge in [0, 0.05) is 52.1 Å². The molecule has 1 aliphatic heterocycles. The molecule has 2 fully saturated rings. The van der Waals surface area contributed by atoms with E-state index in [2.05, 4.69) is 36.5 Å². The van der Waals surface area contributed by atoms with Crippen molar-refractivity contribution in [1.29, 1.82) is 5.26 Å². The number of benzene rings is 1. The number of nitriles is 1. The second-order valence-corrected chi connectivity index (χ2v) is 13.2. The number of amides is 1. The van der Waals surface area contributed by atoms with E-state index in [1.807, 2.05) is 29.7 Å². The fourth-order valence-electron chi connectivity index (χ4n) is 7.23. The topological polar surface area (TPSA) is 116 Å². The number of anilines is 1. The van der Waals surface area contributed by atoms with E-state index in [4.69, 9.17) is 0 Å². The largest absolute Gasteiger partial charge is 0.393 e. The lowest BCUT2D eigenvalue weighted by Gasteiger charge is -2.25. The molecule has 4 aromatic heterocycles. The van der Waals surface area contributed by atoms with E-state index >= 15 is 0 Å². The van der Waals surface area contributed by atoms with Gasteiger partial charge in [-0.05, 0) is 42.7 Å². The average Bonchev–Trinajstić information content (AvgIpc) is 3.83. The number of thiophene rings is 1. The minimum atomic E-state index is -4.30. The summed E-state index contributed by atoms with van der Waals surface area (Å²) in [5.74, 6) is 1.06. The second-order valence-electron chi connectivity index (χ2n) is 12.1. The molecule has 2 aliphatic rings. The SMILES string of the molecule is Cc1c(C(=O)NC2CN(c3ncnc4sc(CC(F)(F)F)cc34)CC2C2CCCC2)ccc2c1cc(C#N)n2Cc1cn[nH]c1. The highest BCUT2D eigenvalue weighted by Crippen LogP contribution is 2.40. The Balaban J connectivity index is 1.17. The summed E-state index contributed by atoms with van der Waals surface area (Å²) in [6, 6.07) is 9.21. The Kier molecular flexibility index (Phi) is 7.47. The Morgan fingerprint density at radius 2 is 2.00 bits per heavy atom. The van der Waals surface area contributed by atoms with E-state index < -0.39 is 12.6 Å². The minimum absolute atomic E-state index is 0.158. The minimum Gasteiger partial charge on any atom is -0.354 e. The zero-order valence-electron chi connectivity index (χ0n) is 24.6. The van der Waals surface area contributed by atoms with Gasteiger partial charge in [0.05, 0.1) is 30.6 Å². The molecule has 9 nitrogen and oxygen atoms in total. The molecule has 1 amide bonds. The number of halogens is 3. The van der Waals surface area contributed by atoms with Crippen LogP contribution in [0.1, 0.15) is 57.7 Å². The summed E-state index contributed by atoms with van der Waals surface area (Å²) in [6.45, 7) is 3.55. The molecule has 45 heavy (non-hydrogen) atoms. The highest BCUT2D eigenvalue weighted by atomic mass is 32.1. The Hall–Kier alpha value is -4.44. The van der Waals surface area contributed by atoms with Crippen LogP contribution in [0.3, 0.4) is 0 Å². The van der Waals surface area contributed by atoms with Crippen LogP contribution in [0.5, 0.6) is 0 Å².